The van der Waals surface area contributed by atoms with E-state index in [0.717, 1.165) is 0 Å². The Morgan fingerprint density at radius 2 is 1.82 bits per heavy atom. The van der Waals surface area contributed by atoms with Gasteiger partial charge >= 0.3 is 6.18 Å². The molecule has 0 spiro atoms. The molecule has 0 atom stereocenters. The molecule has 0 saturated heterocycles. The third-order valence-electron chi connectivity index (χ3n) is 2.03. The first-order chi connectivity index (χ1) is 7.88. The van der Waals surface area contributed by atoms with Gasteiger partial charge in [0.15, 0.2) is 0 Å². The lowest BCUT2D eigenvalue weighted by Gasteiger charge is -2.14. The van der Waals surface area contributed by atoms with Gasteiger partial charge in [-0.1, -0.05) is 33.1 Å². The molecule has 0 saturated carbocycles. The SMILES string of the molecule is C=Cc1cncc(C)c1C(=C)C(F)(F)F.CC. The van der Waals surface area contributed by atoms with E-state index in [1.54, 1.807) is 6.92 Å². The third-order valence-corrected chi connectivity index (χ3v) is 2.03. The van der Waals surface area contributed by atoms with E-state index in [2.05, 4.69) is 18.1 Å². The minimum absolute atomic E-state index is 0.0625. The van der Waals surface area contributed by atoms with Gasteiger partial charge in [0.05, 0.1) is 5.57 Å². The maximum absolute atomic E-state index is 12.5. The van der Waals surface area contributed by atoms with Gasteiger partial charge in [-0.2, -0.15) is 13.2 Å². The number of pyridine rings is 1. The first kappa shape index (κ1) is 15.4. The molecular weight excluding hydrogens is 227 g/mol. The fourth-order valence-corrected chi connectivity index (χ4v) is 1.29. The lowest BCUT2D eigenvalue weighted by molar-refractivity contribution is -0.0687. The molecule has 17 heavy (non-hydrogen) atoms. The zero-order chi connectivity index (χ0) is 13.6. The average Bonchev–Trinajstić information content (AvgIpc) is 2.29. The fourth-order valence-electron chi connectivity index (χ4n) is 1.29. The van der Waals surface area contributed by atoms with E-state index < -0.39 is 11.7 Å². The summed E-state index contributed by atoms with van der Waals surface area (Å²) in [6.07, 6.45) is -0.373. The number of allylic oxidation sites excluding steroid dienone is 1. The topological polar surface area (TPSA) is 12.9 Å². The van der Waals surface area contributed by atoms with Crippen molar-refractivity contribution in [2.24, 2.45) is 0 Å². The van der Waals surface area contributed by atoms with Gasteiger partial charge < -0.3 is 0 Å². The highest BCUT2D eigenvalue weighted by Gasteiger charge is 2.34. The molecule has 0 amide bonds. The maximum Gasteiger partial charge on any atom is 0.416 e. The van der Waals surface area contributed by atoms with Crippen molar-refractivity contribution in [1.82, 2.24) is 4.98 Å². The summed E-state index contributed by atoms with van der Waals surface area (Å²) in [5.41, 5.74) is -0.0168. The quantitative estimate of drug-likeness (QED) is 0.737. The maximum atomic E-state index is 12.5. The summed E-state index contributed by atoms with van der Waals surface area (Å²) in [4.78, 5) is 3.80. The van der Waals surface area contributed by atoms with Crippen LogP contribution in [0, 0.1) is 6.92 Å². The van der Waals surface area contributed by atoms with E-state index in [0.29, 0.717) is 11.1 Å². The molecule has 1 rings (SSSR count). The van der Waals surface area contributed by atoms with Gasteiger partial charge in [-0.25, -0.2) is 0 Å². The van der Waals surface area contributed by atoms with E-state index in [4.69, 9.17) is 0 Å². The minimum Gasteiger partial charge on any atom is -0.264 e. The van der Waals surface area contributed by atoms with Crippen molar-refractivity contribution in [3.8, 4) is 0 Å². The third kappa shape index (κ3) is 3.73. The average molecular weight is 243 g/mol. The van der Waals surface area contributed by atoms with Gasteiger partial charge in [-0.15, -0.1) is 0 Å². The van der Waals surface area contributed by atoms with E-state index in [-0.39, 0.29) is 5.56 Å². The van der Waals surface area contributed by atoms with Crippen molar-refractivity contribution in [3.63, 3.8) is 0 Å². The Kier molecular flexibility index (Phi) is 5.65. The van der Waals surface area contributed by atoms with Crippen LogP contribution in [0.2, 0.25) is 0 Å². The number of hydrogen-bond acceptors (Lipinski definition) is 1. The van der Waals surface area contributed by atoms with Crippen LogP contribution >= 0.6 is 0 Å². The number of aryl methyl sites for hydroxylation is 1. The molecule has 1 heterocycles. The Hall–Kier alpha value is -1.58. The van der Waals surface area contributed by atoms with Crippen molar-refractivity contribution in [1.29, 1.82) is 0 Å². The predicted octanol–water partition coefficient (Wildman–Crippen LogP) is 4.63. The molecule has 0 N–H and O–H groups in total. The van der Waals surface area contributed by atoms with Gasteiger partial charge in [0.1, 0.15) is 0 Å². The second kappa shape index (κ2) is 6.23. The number of rotatable bonds is 2. The Morgan fingerprint density at radius 3 is 2.24 bits per heavy atom. The Morgan fingerprint density at radius 1 is 1.29 bits per heavy atom. The predicted molar refractivity (Wildman–Crippen MR) is 65.5 cm³/mol. The Labute approximate surface area is 99.7 Å². The largest absolute Gasteiger partial charge is 0.416 e. The van der Waals surface area contributed by atoms with Gasteiger partial charge in [0.25, 0.3) is 0 Å². The summed E-state index contributed by atoms with van der Waals surface area (Å²) in [7, 11) is 0. The highest BCUT2D eigenvalue weighted by atomic mass is 19.4. The van der Waals surface area contributed by atoms with Crippen LogP contribution in [0.25, 0.3) is 11.6 Å². The van der Waals surface area contributed by atoms with Gasteiger partial charge in [-0.05, 0) is 18.1 Å². The number of halogens is 3. The molecule has 0 aliphatic heterocycles. The number of nitrogens with zero attached hydrogens (tertiary/aromatic N) is 1. The molecule has 0 radical (unpaired) electrons. The van der Waals surface area contributed by atoms with E-state index in [1.807, 2.05) is 13.8 Å². The van der Waals surface area contributed by atoms with Crippen molar-refractivity contribution >= 4 is 11.6 Å². The van der Waals surface area contributed by atoms with Crippen LogP contribution in [0.1, 0.15) is 30.5 Å². The van der Waals surface area contributed by atoms with Crippen molar-refractivity contribution in [2.75, 3.05) is 0 Å². The molecule has 0 aliphatic rings. The zero-order valence-corrected chi connectivity index (χ0v) is 10.2. The fraction of sp³-hybridized carbons (Fsp3) is 0.308. The van der Waals surface area contributed by atoms with Crippen LogP contribution in [0.15, 0.2) is 25.6 Å². The van der Waals surface area contributed by atoms with Crippen LogP contribution in [-0.4, -0.2) is 11.2 Å². The molecule has 0 aliphatic carbocycles. The van der Waals surface area contributed by atoms with Crippen LogP contribution in [0.4, 0.5) is 13.2 Å². The van der Waals surface area contributed by atoms with Crippen molar-refractivity contribution < 1.29 is 13.2 Å². The summed E-state index contributed by atoms with van der Waals surface area (Å²) in [6.45, 7) is 12.1. The lowest BCUT2D eigenvalue weighted by Crippen LogP contribution is -2.11. The van der Waals surface area contributed by atoms with Gasteiger partial charge in [0.2, 0.25) is 0 Å². The Bertz CT molecular complexity index is 406. The molecule has 1 nitrogen and oxygen atoms in total. The van der Waals surface area contributed by atoms with Crippen LogP contribution in [0.3, 0.4) is 0 Å². The molecule has 0 unspecified atom stereocenters. The molecule has 94 valence electrons. The number of alkyl halides is 3. The highest BCUT2D eigenvalue weighted by Crippen LogP contribution is 2.35. The summed E-state index contributed by atoms with van der Waals surface area (Å²) in [6, 6.07) is 0. The number of aromatic nitrogens is 1. The standard InChI is InChI=1S/C11H10F3N.C2H6/c1-4-9-6-15-5-7(2)10(9)8(3)11(12,13)14;1-2/h4-6H,1,3H2,2H3;1-2H3. The molecule has 0 fully saturated rings. The van der Waals surface area contributed by atoms with Gasteiger partial charge in [0, 0.05) is 18.0 Å². The molecule has 0 aromatic carbocycles. The summed E-state index contributed by atoms with van der Waals surface area (Å²) in [5.74, 6) is 0. The van der Waals surface area contributed by atoms with Crippen molar-refractivity contribution in [2.45, 2.75) is 26.9 Å². The summed E-state index contributed by atoms with van der Waals surface area (Å²) in [5, 5.41) is 0. The molecular formula is C13H16F3N. The summed E-state index contributed by atoms with van der Waals surface area (Å²) >= 11 is 0. The van der Waals surface area contributed by atoms with Gasteiger partial charge in [-0.3, -0.25) is 4.98 Å². The molecule has 0 bridgehead atoms. The first-order valence-electron chi connectivity index (χ1n) is 5.21. The lowest BCUT2D eigenvalue weighted by atomic mass is 9.98. The van der Waals surface area contributed by atoms with Crippen molar-refractivity contribution in [3.05, 3.63) is 42.2 Å². The summed E-state index contributed by atoms with van der Waals surface area (Å²) < 4.78 is 37.4. The monoisotopic (exact) mass is 243 g/mol. The normalized spacial score (nSPS) is 10.2. The first-order valence-corrected chi connectivity index (χ1v) is 5.21. The second-order valence-electron chi connectivity index (χ2n) is 3.10. The second-order valence-corrected chi connectivity index (χ2v) is 3.10. The highest BCUT2D eigenvalue weighted by molar-refractivity contribution is 5.76. The Balaban J connectivity index is 0.00000121. The smallest absolute Gasteiger partial charge is 0.264 e. The van der Waals surface area contributed by atoms with Crippen LogP contribution in [0.5, 0.6) is 0 Å². The molecule has 1 aromatic heterocycles. The van der Waals surface area contributed by atoms with E-state index in [1.165, 1.54) is 18.5 Å². The van der Waals surface area contributed by atoms with E-state index >= 15 is 0 Å². The number of hydrogen-bond donors (Lipinski definition) is 0. The molecule has 4 heteroatoms. The minimum atomic E-state index is -4.43. The zero-order valence-electron chi connectivity index (χ0n) is 10.2. The molecule has 1 aromatic rings. The van der Waals surface area contributed by atoms with E-state index in [9.17, 15) is 13.2 Å². The van der Waals surface area contributed by atoms with Crippen LogP contribution in [-0.2, 0) is 0 Å². The van der Waals surface area contributed by atoms with Crippen LogP contribution < -0.4 is 0 Å².